The lowest BCUT2D eigenvalue weighted by atomic mass is 10.00. The molecule has 6 heteroatoms. The molecule has 21 heavy (non-hydrogen) atoms. The van der Waals surface area contributed by atoms with Gasteiger partial charge in [-0.3, -0.25) is 0 Å². The fraction of sp³-hybridized carbons (Fsp3) is 0.200. The molecule has 0 heterocycles. The molecule has 0 N–H and O–H groups in total. The molecule has 0 aliphatic heterocycles. The molecule has 112 valence electrons. The maximum absolute atomic E-state index is 12.7. The molecule has 0 aliphatic carbocycles. The Hall–Kier alpha value is -2.11. The molecule has 0 unspecified atom stereocenters. The van der Waals surface area contributed by atoms with Gasteiger partial charge in [0.1, 0.15) is 5.75 Å². The van der Waals surface area contributed by atoms with Crippen molar-refractivity contribution in [2.45, 2.75) is 12.6 Å². The summed E-state index contributed by atoms with van der Waals surface area (Å²) in [6.07, 6.45) is -7.20. The fourth-order valence-corrected chi connectivity index (χ4v) is 1.95. The Kier molecular flexibility index (Phi) is 4.16. The van der Waals surface area contributed by atoms with Gasteiger partial charge in [-0.05, 0) is 35.9 Å². The number of methoxy groups -OCH3 is 1. The van der Waals surface area contributed by atoms with E-state index in [1.54, 1.807) is 0 Å². The molecule has 0 aromatic heterocycles. The first-order valence-electron chi connectivity index (χ1n) is 5.96. The fourth-order valence-electron chi connectivity index (χ4n) is 1.95. The van der Waals surface area contributed by atoms with E-state index in [9.17, 15) is 22.0 Å². The molecule has 2 rings (SSSR count). The minimum atomic E-state index is -4.50. The molecule has 0 saturated heterocycles. The molecule has 0 amide bonds. The molecular formula is C15H11F5O. The average molecular weight is 302 g/mol. The first kappa shape index (κ1) is 15.3. The number of benzene rings is 2. The van der Waals surface area contributed by atoms with E-state index in [4.69, 9.17) is 4.74 Å². The number of alkyl halides is 5. The molecule has 0 atom stereocenters. The highest BCUT2D eigenvalue weighted by Gasteiger charge is 2.30. The van der Waals surface area contributed by atoms with E-state index in [-0.39, 0.29) is 22.4 Å². The van der Waals surface area contributed by atoms with Crippen molar-refractivity contribution < 1.29 is 26.7 Å². The van der Waals surface area contributed by atoms with Crippen LogP contribution in [0.5, 0.6) is 5.75 Å². The Morgan fingerprint density at radius 2 is 1.71 bits per heavy atom. The predicted molar refractivity (Wildman–Crippen MR) is 68.4 cm³/mol. The molecule has 0 fully saturated rings. The summed E-state index contributed by atoms with van der Waals surface area (Å²) >= 11 is 0. The zero-order valence-corrected chi connectivity index (χ0v) is 10.9. The molecule has 0 spiro atoms. The van der Waals surface area contributed by atoms with Gasteiger partial charge in [0.2, 0.25) is 0 Å². The highest BCUT2D eigenvalue weighted by molar-refractivity contribution is 5.72. The minimum absolute atomic E-state index is 0.171. The molecule has 0 radical (unpaired) electrons. The van der Waals surface area contributed by atoms with E-state index in [1.807, 2.05) is 0 Å². The summed E-state index contributed by atoms with van der Waals surface area (Å²) in [5.74, 6) is 0.235. The van der Waals surface area contributed by atoms with Crippen molar-refractivity contribution in [2.75, 3.05) is 7.11 Å². The smallest absolute Gasteiger partial charge is 0.416 e. The van der Waals surface area contributed by atoms with Gasteiger partial charge in [-0.2, -0.15) is 13.2 Å². The molecule has 2 aromatic rings. The highest BCUT2D eigenvalue weighted by atomic mass is 19.4. The van der Waals surface area contributed by atoms with Gasteiger partial charge in [0.15, 0.2) is 0 Å². The molecule has 0 saturated carbocycles. The zero-order valence-electron chi connectivity index (χ0n) is 10.9. The second-order valence-corrected chi connectivity index (χ2v) is 4.34. The summed E-state index contributed by atoms with van der Waals surface area (Å²) < 4.78 is 68.7. The number of ether oxygens (including phenoxy) is 1. The maximum Gasteiger partial charge on any atom is 0.416 e. The monoisotopic (exact) mass is 302 g/mol. The van der Waals surface area contributed by atoms with Crippen LogP contribution < -0.4 is 4.74 Å². The normalized spacial score (nSPS) is 11.8. The van der Waals surface area contributed by atoms with E-state index in [0.29, 0.717) is 0 Å². The minimum Gasteiger partial charge on any atom is -0.496 e. The Morgan fingerprint density at radius 1 is 1.00 bits per heavy atom. The van der Waals surface area contributed by atoms with E-state index in [0.717, 1.165) is 18.2 Å². The Labute approximate surface area is 118 Å². The second-order valence-electron chi connectivity index (χ2n) is 4.34. The van der Waals surface area contributed by atoms with Crippen LogP contribution in [0, 0.1) is 0 Å². The molecular weight excluding hydrogens is 291 g/mol. The number of rotatable bonds is 3. The van der Waals surface area contributed by atoms with Crippen LogP contribution in [0.25, 0.3) is 11.1 Å². The summed E-state index contributed by atoms with van der Waals surface area (Å²) in [4.78, 5) is 0. The van der Waals surface area contributed by atoms with Crippen LogP contribution in [0.3, 0.4) is 0 Å². The average Bonchev–Trinajstić information content (AvgIpc) is 2.45. The van der Waals surface area contributed by atoms with Crippen LogP contribution >= 0.6 is 0 Å². The van der Waals surface area contributed by atoms with Crippen LogP contribution in [-0.2, 0) is 6.18 Å². The van der Waals surface area contributed by atoms with Crippen molar-refractivity contribution in [1.29, 1.82) is 0 Å². The summed E-state index contributed by atoms with van der Waals surface area (Å²) in [6, 6.07) is 8.12. The van der Waals surface area contributed by atoms with Gasteiger partial charge in [-0.25, -0.2) is 8.78 Å². The molecule has 0 aliphatic rings. The van der Waals surface area contributed by atoms with Crippen molar-refractivity contribution in [3.05, 3.63) is 53.6 Å². The number of hydrogen-bond acceptors (Lipinski definition) is 1. The van der Waals surface area contributed by atoms with Crippen molar-refractivity contribution in [1.82, 2.24) is 0 Å². The van der Waals surface area contributed by atoms with E-state index >= 15 is 0 Å². The van der Waals surface area contributed by atoms with Crippen LogP contribution in [-0.4, -0.2) is 7.11 Å². The first-order valence-corrected chi connectivity index (χ1v) is 5.96. The molecule has 2 aromatic carbocycles. The standard InChI is InChI=1S/C15H11F5O/c1-21-13-6-5-10(14(16)17)8-12(13)9-3-2-4-11(7-9)15(18,19)20/h2-8,14H,1H3. The lowest BCUT2D eigenvalue weighted by molar-refractivity contribution is -0.137. The Bertz CT molecular complexity index is 634. The number of hydrogen-bond donors (Lipinski definition) is 0. The van der Waals surface area contributed by atoms with Crippen molar-refractivity contribution in [3.63, 3.8) is 0 Å². The van der Waals surface area contributed by atoms with E-state index in [1.165, 1.54) is 31.4 Å². The lowest BCUT2D eigenvalue weighted by Crippen LogP contribution is -2.04. The number of halogens is 5. The Balaban J connectivity index is 2.57. The van der Waals surface area contributed by atoms with Gasteiger partial charge in [-0.15, -0.1) is 0 Å². The maximum atomic E-state index is 12.7. The van der Waals surface area contributed by atoms with Gasteiger partial charge in [0.05, 0.1) is 12.7 Å². The van der Waals surface area contributed by atoms with Crippen LogP contribution in [0.15, 0.2) is 42.5 Å². The quantitative estimate of drug-likeness (QED) is 0.697. The SMILES string of the molecule is COc1ccc(C(F)F)cc1-c1cccc(C(F)(F)F)c1. The largest absolute Gasteiger partial charge is 0.496 e. The van der Waals surface area contributed by atoms with Gasteiger partial charge in [0.25, 0.3) is 6.43 Å². The van der Waals surface area contributed by atoms with Gasteiger partial charge in [-0.1, -0.05) is 12.1 Å². The summed E-state index contributed by atoms with van der Waals surface area (Å²) in [7, 11) is 1.33. The third-order valence-electron chi connectivity index (χ3n) is 2.98. The first-order chi connectivity index (χ1) is 9.82. The third-order valence-corrected chi connectivity index (χ3v) is 2.98. The van der Waals surface area contributed by atoms with Crippen LogP contribution in [0.1, 0.15) is 17.6 Å². The van der Waals surface area contributed by atoms with Gasteiger partial charge < -0.3 is 4.74 Å². The highest BCUT2D eigenvalue weighted by Crippen LogP contribution is 2.37. The molecule has 0 bridgehead atoms. The molecule has 1 nitrogen and oxygen atoms in total. The summed E-state index contributed by atoms with van der Waals surface area (Å²) in [5.41, 5.74) is -0.752. The lowest BCUT2D eigenvalue weighted by Gasteiger charge is -2.13. The van der Waals surface area contributed by atoms with E-state index in [2.05, 4.69) is 0 Å². The predicted octanol–water partition coefficient (Wildman–Crippen LogP) is 5.32. The second kappa shape index (κ2) is 5.71. The van der Waals surface area contributed by atoms with Crippen molar-refractivity contribution in [3.8, 4) is 16.9 Å². The van der Waals surface area contributed by atoms with Crippen LogP contribution in [0.4, 0.5) is 22.0 Å². The van der Waals surface area contributed by atoms with Crippen molar-refractivity contribution >= 4 is 0 Å². The van der Waals surface area contributed by atoms with Gasteiger partial charge >= 0.3 is 6.18 Å². The third kappa shape index (κ3) is 3.32. The zero-order chi connectivity index (χ0) is 15.6. The van der Waals surface area contributed by atoms with Gasteiger partial charge in [0, 0.05) is 11.1 Å². The topological polar surface area (TPSA) is 9.23 Å². The van der Waals surface area contributed by atoms with Crippen LogP contribution in [0.2, 0.25) is 0 Å². The summed E-state index contributed by atoms with van der Waals surface area (Å²) in [5, 5.41) is 0. The van der Waals surface area contributed by atoms with E-state index < -0.39 is 18.2 Å². The summed E-state index contributed by atoms with van der Waals surface area (Å²) in [6.45, 7) is 0. The Morgan fingerprint density at radius 3 is 2.29 bits per heavy atom. The van der Waals surface area contributed by atoms with Crippen molar-refractivity contribution in [2.24, 2.45) is 0 Å².